The average Bonchev–Trinajstić information content (AvgIpc) is 2.97. The molecule has 0 N–H and O–H groups in total. The minimum absolute atomic E-state index is 0.0975. The first kappa shape index (κ1) is 18.6. The molecule has 25 heavy (non-hydrogen) atoms. The molecule has 2 heterocycles. The van der Waals surface area contributed by atoms with E-state index in [1.54, 1.807) is 0 Å². The highest BCUT2D eigenvalue weighted by Gasteiger charge is 2.29. The minimum atomic E-state index is -4.19. The summed E-state index contributed by atoms with van der Waals surface area (Å²) in [6, 6.07) is 0.682. The lowest BCUT2D eigenvalue weighted by Crippen LogP contribution is -2.42. The molecule has 5 nitrogen and oxygen atoms in total. The van der Waals surface area contributed by atoms with Crippen LogP contribution in [0.2, 0.25) is 0 Å². The van der Waals surface area contributed by atoms with Crippen molar-refractivity contribution >= 4 is 17.3 Å². The lowest BCUT2D eigenvalue weighted by Gasteiger charge is -2.39. The second kappa shape index (κ2) is 8.46. The second-order valence-corrected chi connectivity index (χ2v) is 6.85. The van der Waals surface area contributed by atoms with Crippen LogP contribution in [0, 0.1) is 0 Å². The Morgan fingerprint density at radius 1 is 1.20 bits per heavy atom. The minimum Gasteiger partial charge on any atom is -0.473 e. The Kier molecular flexibility index (Phi) is 6.29. The van der Waals surface area contributed by atoms with Gasteiger partial charge in [0.25, 0.3) is 5.88 Å². The molecular formula is C16H22F3N3O2S. The number of alkyl halides is 3. The van der Waals surface area contributed by atoms with E-state index in [1.165, 1.54) is 19.3 Å². The fraction of sp³-hybridized carbons (Fsp3) is 0.750. The Bertz CT molecular complexity index is 587. The molecule has 0 bridgehead atoms. The summed E-state index contributed by atoms with van der Waals surface area (Å²) < 4.78 is 55.1. The summed E-state index contributed by atoms with van der Waals surface area (Å²) in [4.78, 5) is 2.49. The maximum absolute atomic E-state index is 12.0. The van der Waals surface area contributed by atoms with Gasteiger partial charge in [0.15, 0.2) is 0 Å². The van der Waals surface area contributed by atoms with Gasteiger partial charge in [-0.05, 0) is 24.8 Å². The molecule has 1 aromatic heterocycles. The zero-order valence-electron chi connectivity index (χ0n) is 13.9. The van der Waals surface area contributed by atoms with Crippen LogP contribution in [0.1, 0.15) is 37.8 Å². The largest absolute Gasteiger partial charge is 0.473 e. The van der Waals surface area contributed by atoms with Gasteiger partial charge in [-0.3, -0.25) is 4.90 Å². The molecule has 0 amide bonds. The first-order valence-corrected chi connectivity index (χ1v) is 9.29. The monoisotopic (exact) mass is 377 g/mol. The number of nitrogens with zero attached hydrogens (tertiary/aromatic N) is 3. The van der Waals surface area contributed by atoms with E-state index in [2.05, 4.69) is 19.7 Å². The average molecular weight is 377 g/mol. The molecule has 0 spiro atoms. The topological polar surface area (TPSA) is 47.5 Å². The third kappa shape index (κ3) is 5.39. The molecule has 1 aliphatic carbocycles. The van der Waals surface area contributed by atoms with Gasteiger partial charge in [-0.25, -0.2) is 0 Å². The zero-order chi connectivity index (χ0) is 17.7. The highest BCUT2D eigenvalue weighted by atomic mass is 32.1. The molecule has 2 aliphatic rings. The number of halogens is 3. The molecule has 0 saturated heterocycles. The Morgan fingerprint density at radius 2 is 2.04 bits per heavy atom. The van der Waals surface area contributed by atoms with Crippen LogP contribution in [0.3, 0.4) is 0 Å². The van der Waals surface area contributed by atoms with E-state index >= 15 is 0 Å². The molecule has 1 saturated carbocycles. The molecule has 0 aromatic carbocycles. The van der Waals surface area contributed by atoms with Crippen LogP contribution in [-0.4, -0.2) is 58.8 Å². The van der Waals surface area contributed by atoms with Gasteiger partial charge in [0.05, 0.1) is 31.4 Å². The summed E-state index contributed by atoms with van der Waals surface area (Å²) in [5, 5.41) is 0. The van der Waals surface area contributed by atoms with Crippen LogP contribution in [0.25, 0.3) is 5.57 Å². The number of rotatable bonds is 8. The van der Waals surface area contributed by atoms with Crippen molar-refractivity contribution in [1.29, 1.82) is 0 Å². The van der Waals surface area contributed by atoms with Crippen molar-refractivity contribution in [3.05, 3.63) is 11.8 Å². The van der Waals surface area contributed by atoms with E-state index in [1.807, 2.05) is 0 Å². The molecular weight excluding hydrogens is 355 g/mol. The molecule has 9 heteroatoms. The summed E-state index contributed by atoms with van der Waals surface area (Å²) in [5.74, 6) is 0.450. The van der Waals surface area contributed by atoms with Gasteiger partial charge in [-0.15, -0.1) is 4.37 Å². The highest BCUT2D eigenvalue weighted by molar-refractivity contribution is 6.99. The lowest BCUT2D eigenvalue weighted by atomic mass is 9.90. The molecule has 1 aliphatic heterocycles. The van der Waals surface area contributed by atoms with Gasteiger partial charge < -0.3 is 9.47 Å². The lowest BCUT2D eigenvalue weighted by molar-refractivity contribution is -0.145. The van der Waals surface area contributed by atoms with Crippen molar-refractivity contribution < 1.29 is 22.6 Å². The van der Waals surface area contributed by atoms with Crippen molar-refractivity contribution in [2.24, 2.45) is 0 Å². The van der Waals surface area contributed by atoms with Crippen LogP contribution in [0.15, 0.2) is 6.08 Å². The SMILES string of the molecule is FC(F)(F)CCOCCOc1nsnc1C1=CCCN(C2CCC2)C1. The molecule has 1 aromatic rings. The van der Waals surface area contributed by atoms with Gasteiger partial charge in [0.2, 0.25) is 0 Å². The maximum atomic E-state index is 12.0. The summed E-state index contributed by atoms with van der Waals surface area (Å²) >= 11 is 1.09. The van der Waals surface area contributed by atoms with E-state index < -0.39 is 12.6 Å². The van der Waals surface area contributed by atoms with Crippen LogP contribution in [-0.2, 0) is 4.74 Å². The smallest absolute Gasteiger partial charge is 0.391 e. The van der Waals surface area contributed by atoms with Crippen molar-refractivity contribution in [3.8, 4) is 5.88 Å². The molecule has 0 radical (unpaired) electrons. The molecule has 3 rings (SSSR count). The third-order valence-electron chi connectivity index (χ3n) is 4.53. The second-order valence-electron chi connectivity index (χ2n) is 6.32. The van der Waals surface area contributed by atoms with Gasteiger partial charge in [0.1, 0.15) is 12.3 Å². The standard InChI is InChI=1S/C16H22F3N3O2S/c17-16(18,19)6-8-23-9-10-24-15-14(20-25-21-15)12-3-2-7-22(11-12)13-4-1-5-13/h3,13H,1-2,4-11H2. The van der Waals surface area contributed by atoms with Crippen LogP contribution in [0.4, 0.5) is 13.2 Å². The Balaban J connectivity index is 1.45. The molecule has 1 fully saturated rings. The van der Waals surface area contributed by atoms with E-state index in [0.29, 0.717) is 11.9 Å². The molecule has 0 atom stereocenters. The van der Waals surface area contributed by atoms with E-state index in [0.717, 1.165) is 42.5 Å². The summed E-state index contributed by atoms with van der Waals surface area (Å²) in [5.41, 5.74) is 1.88. The first-order valence-electron chi connectivity index (χ1n) is 8.56. The Hall–Kier alpha value is -1.19. The van der Waals surface area contributed by atoms with Crippen LogP contribution >= 0.6 is 11.7 Å². The van der Waals surface area contributed by atoms with Crippen molar-refractivity contribution in [1.82, 2.24) is 13.6 Å². The molecule has 0 unspecified atom stereocenters. The quantitative estimate of drug-likeness (QED) is 0.649. The van der Waals surface area contributed by atoms with E-state index in [9.17, 15) is 13.2 Å². The van der Waals surface area contributed by atoms with Gasteiger partial charge in [-0.2, -0.15) is 17.5 Å². The Morgan fingerprint density at radius 3 is 2.76 bits per heavy atom. The number of aromatic nitrogens is 2. The fourth-order valence-corrected chi connectivity index (χ4v) is 3.49. The van der Waals surface area contributed by atoms with Gasteiger partial charge in [-0.1, -0.05) is 12.5 Å². The number of ether oxygens (including phenoxy) is 2. The van der Waals surface area contributed by atoms with Crippen LogP contribution in [0.5, 0.6) is 5.88 Å². The van der Waals surface area contributed by atoms with E-state index in [4.69, 9.17) is 9.47 Å². The Labute approximate surface area is 149 Å². The third-order valence-corrected chi connectivity index (χ3v) is 5.04. The van der Waals surface area contributed by atoms with Crippen molar-refractivity contribution in [2.75, 3.05) is 32.9 Å². The fourth-order valence-electron chi connectivity index (χ4n) is 2.96. The zero-order valence-corrected chi connectivity index (χ0v) is 14.7. The normalized spacial score (nSPS) is 19.6. The predicted octanol–water partition coefficient (Wildman–Crippen LogP) is 3.53. The number of hydrogen-bond acceptors (Lipinski definition) is 6. The summed E-state index contributed by atoms with van der Waals surface area (Å²) in [6.45, 7) is 1.84. The van der Waals surface area contributed by atoms with E-state index in [-0.39, 0.29) is 19.8 Å². The first-order chi connectivity index (χ1) is 12.0. The van der Waals surface area contributed by atoms with Crippen molar-refractivity contribution in [3.63, 3.8) is 0 Å². The molecule has 140 valence electrons. The number of hydrogen-bond donors (Lipinski definition) is 0. The maximum Gasteiger partial charge on any atom is 0.391 e. The highest BCUT2D eigenvalue weighted by Crippen LogP contribution is 2.32. The summed E-state index contributed by atoms with van der Waals surface area (Å²) in [7, 11) is 0. The van der Waals surface area contributed by atoms with Crippen molar-refractivity contribution in [2.45, 2.75) is 44.3 Å². The predicted molar refractivity (Wildman–Crippen MR) is 88.7 cm³/mol. The van der Waals surface area contributed by atoms with Gasteiger partial charge in [0, 0.05) is 19.1 Å². The summed E-state index contributed by atoms with van der Waals surface area (Å²) in [6.07, 6.45) is 1.87. The van der Waals surface area contributed by atoms with Crippen LogP contribution < -0.4 is 4.74 Å². The van der Waals surface area contributed by atoms with Gasteiger partial charge >= 0.3 is 6.18 Å².